The number of rotatable bonds is 9. The molecule has 0 saturated carbocycles. The van der Waals surface area contributed by atoms with Crippen LogP contribution in [0.5, 0.6) is 5.75 Å². The zero-order valence-electron chi connectivity index (χ0n) is 18.0. The molecule has 1 saturated heterocycles. The number of hydrogen-bond donors (Lipinski definition) is 1. The molecule has 0 bridgehead atoms. The summed E-state index contributed by atoms with van der Waals surface area (Å²) in [7, 11) is 0. The number of nitrogens with zero attached hydrogens (tertiary/aromatic N) is 3. The molecule has 8 heteroatoms. The number of para-hydroxylation sites is 1. The maximum atomic E-state index is 12.6. The summed E-state index contributed by atoms with van der Waals surface area (Å²) >= 11 is 0. The fourth-order valence-electron chi connectivity index (χ4n) is 3.56. The molecule has 1 aromatic heterocycles. The lowest BCUT2D eigenvalue weighted by Crippen LogP contribution is -2.30. The summed E-state index contributed by atoms with van der Waals surface area (Å²) in [5.74, 6) is 1.23. The van der Waals surface area contributed by atoms with E-state index in [0.29, 0.717) is 49.0 Å². The third-order valence-corrected chi connectivity index (χ3v) is 5.32. The minimum absolute atomic E-state index is 0.0558. The van der Waals surface area contributed by atoms with E-state index in [1.807, 2.05) is 36.1 Å². The molecule has 166 valence electrons. The fraction of sp³-hybridized carbons (Fsp3) is 0.333. The Morgan fingerprint density at radius 2 is 2.00 bits per heavy atom. The number of aromatic nitrogens is 2. The van der Waals surface area contributed by atoms with Crippen molar-refractivity contribution >= 4 is 11.8 Å². The maximum absolute atomic E-state index is 12.6. The first-order valence-corrected chi connectivity index (χ1v) is 10.8. The van der Waals surface area contributed by atoms with Crippen LogP contribution in [-0.2, 0) is 11.4 Å². The maximum Gasteiger partial charge on any atom is 0.264 e. The van der Waals surface area contributed by atoms with Crippen molar-refractivity contribution in [1.29, 1.82) is 0 Å². The van der Waals surface area contributed by atoms with Crippen molar-refractivity contribution in [2.45, 2.75) is 32.8 Å². The lowest BCUT2D eigenvalue weighted by atomic mass is 10.1. The molecular formula is C24H26N4O4. The van der Waals surface area contributed by atoms with Gasteiger partial charge in [0.15, 0.2) is 6.61 Å². The van der Waals surface area contributed by atoms with E-state index in [4.69, 9.17) is 9.26 Å². The predicted molar refractivity (Wildman–Crippen MR) is 118 cm³/mol. The van der Waals surface area contributed by atoms with E-state index in [2.05, 4.69) is 15.5 Å². The number of aryl methyl sites for hydroxylation is 1. The zero-order chi connectivity index (χ0) is 22.3. The number of benzene rings is 2. The van der Waals surface area contributed by atoms with E-state index in [-0.39, 0.29) is 18.4 Å². The van der Waals surface area contributed by atoms with Crippen LogP contribution in [0.3, 0.4) is 0 Å². The van der Waals surface area contributed by atoms with Gasteiger partial charge >= 0.3 is 0 Å². The quantitative estimate of drug-likeness (QED) is 0.519. The highest BCUT2D eigenvalue weighted by atomic mass is 16.5. The minimum atomic E-state index is -0.223. The molecule has 0 unspecified atom stereocenters. The Bertz CT molecular complexity index is 1080. The van der Waals surface area contributed by atoms with Crippen molar-refractivity contribution in [2.75, 3.05) is 19.6 Å². The molecule has 0 radical (unpaired) electrons. The first kappa shape index (κ1) is 21.5. The molecule has 0 aliphatic carbocycles. The summed E-state index contributed by atoms with van der Waals surface area (Å²) in [6.45, 7) is 4.03. The normalized spacial score (nSPS) is 13.4. The van der Waals surface area contributed by atoms with Crippen LogP contribution in [0, 0.1) is 6.92 Å². The molecule has 3 aromatic rings. The standard InChI is InChI=1S/C24H26N4O4/c1-17-9-11-18(12-10-17)23-26-21(32-27-23)16-31-20-7-3-2-6-19(20)24(30)25-13-5-15-28-14-4-8-22(28)29/h2-3,6-7,9-12H,4-5,8,13-16H2,1H3,(H,25,30). The number of nitrogens with one attached hydrogen (secondary N) is 1. The molecule has 0 spiro atoms. The third kappa shape index (κ3) is 5.32. The molecule has 2 heterocycles. The van der Waals surface area contributed by atoms with Gasteiger partial charge in [-0.15, -0.1) is 0 Å². The molecule has 1 fully saturated rings. The molecule has 4 rings (SSSR count). The Labute approximate surface area is 186 Å². The summed E-state index contributed by atoms with van der Waals surface area (Å²) < 4.78 is 11.1. The monoisotopic (exact) mass is 434 g/mol. The SMILES string of the molecule is Cc1ccc(-c2noc(COc3ccccc3C(=O)NCCCN3CCCC3=O)n2)cc1. The van der Waals surface area contributed by atoms with Gasteiger partial charge in [0.1, 0.15) is 5.75 Å². The second-order valence-corrected chi connectivity index (χ2v) is 7.76. The second-order valence-electron chi connectivity index (χ2n) is 7.76. The number of carbonyl (C=O) groups excluding carboxylic acids is 2. The Morgan fingerprint density at radius 1 is 1.19 bits per heavy atom. The molecule has 1 N–H and O–H groups in total. The Kier molecular flexibility index (Phi) is 6.79. The lowest BCUT2D eigenvalue weighted by Gasteiger charge is -2.15. The highest BCUT2D eigenvalue weighted by Crippen LogP contribution is 2.21. The smallest absolute Gasteiger partial charge is 0.264 e. The highest BCUT2D eigenvalue weighted by Gasteiger charge is 2.19. The predicted octanol–water partition coefficient (Wildman–Crippen LogP) is 3.37. The number of amides is 2. The van der Waals surface area contributed by atoms with Gasteiger partial charge in [0, 0.05) is 31.6 Å². The first-order valence-electron chi connectivity index (χ1n) is 10.8. The van der Waals surface area contributed by atoms with Crippen LogP contribution < -0.4 is 10.1 Å². The van der Waals surface area contributed by atoms with Crippen LogP contribution in [-0.4, -0.2) is 46.5 Å². The van der Waals surface area contributed by atoms with Crippen molar-refractivity contribution in [3.8, 4) is 17.1 Å². The summed E-state index contributed by atoms with van der Waals surface area (Å²) in [6, 6.07) is 14.9. The van der Waals surface area contributed by atoms with Crippen molar-refractivity contribution < 1.29 is 18.8 Å². The Balaban J connectivity index is 1.30. The average molecular weight is 434 g/mol. The molecule has 8 nitrogen and oxygen atoms in total. The number of carbonyl (C=O) groups is 2. The van der Waals surface area contributed by atoms with E-state index in [9.17, 15) is 9.59 Å². The molecule has 2 amide bonds. The van der Waals surface area contributed by atoms with Crippen LogP contribution in [0.2, 0.25) is 0 Å². The van der Waals surface area contributed by atoms with Crippen molar-refractivity contribution in [1.82, 2.24) is 20.4 Å². The molecular weight excluding hydrogens is 408 g/mol. The lowest BCUT2D eigenvalue weighted by molar-refractivity contribution is -0.127. The van der Waals surface area contributed by atoms with Gasteiger partial charge in [0.2, 0.25) is 11.7 Å². The topological polar surface area (TPSA) is 97.6 Å². The van der Waals surface area contributed by atoms with Crippen LogP contribution in [0.1, 0.15) is 41.1 Å². The molecule has 0 atom stereocenters. The second kappa shape index (κ2) is 10.1. The van der Waals surface area contributed by atoms with Gasteiger partial charge in [-0.05, 0) is 31.9 Å². The van der Waals surface area contributed by atoms with E-state index >= 15 is 0 Å². The van der Waals surface area contributed by atoms with Crippen molar-refractivity contribution in [3.05, 3.63) is 65.5 Å². The summed E-state index contributed by atoms with van der Waals surface area (Å²) in [5, 5.41) is 6.90. The Hall–Kier alpha value is -3.68. The van der Waals surface area contributed by atoms with Crippen LogP contribution >= 0.6 is 0 Å². The van der Waals surface area contributed by atoms with E-state index in [1.54, 1.807) is 24.3 Å². The van der Waals surface area contributed by atoms with Crippen LogP contribution in [0.4, 0.5) is 0 Å². The largest absolute Gasteiger partial charge is 0.483 e. The highest BCUT2D eigenvalue weighted by molar-refractivity contribution is 5.96. The van der Waals surface area contributed by atoms with E-state index in [0.717, 1.165) is 24.1 Å². The molecule has 1 aliphatic heterocycles. The summed E-state index contributed by atoms with van der Waals surface area (Å²) in [6.07, 6.45) is 2.26. The van der Waals surface area contributed by atoms with Gasteiger partial charge in [0.25, 0.3) is 11.8 Å². The van der Waals surface area contributed by atoms with Crippen molar-refractivity contribution in [3.63, 3.8) is 0 Å². The van der Waals surface area contributed by atoms with Crippen LogP contribution in [0.25, 0.3) is 11.4 Å². The summed E-state index contributed by atoms with van der Waals surface area (Å²) in [5.41, 5.74) is 2.45. The zero-order valence-corrected chi connectivity index (χ0v) is 18.0. The van der Waals surface area contributed by atoms with Gasteiger partial charge in [-0.25, -0.2) is 0 Å². The van der Waals surface area contributed by atoms with E-state index in [1.165, 1.54) is 0 Å². The van der Waals surface area contributed by atoms with Crippen molar-refractivity contribution in [2.24, 2.45) is 0 Å². The van der Waals surface area contributed by atoms with Crippen LogP contribution in [0.15, 0.2) is 53.1 Å². The summed E-state index contributed by atoms with van der Waals surface area (Å²) in [4.78, 5) is 30.5. The number of likely N-dealkylation sites (tertiary alicyclic amines) is 1. The average Bonchev–Trinajstić information content (AvgIpc) is 3.45. The van der Waals surface area contributed by atoms with E-state index < -0.39 is 0 Å². The van der Waals surface area contributed by atoms with Gasteiger partial charge in [-0.2, -0.15) is 4.98 Å². The molecule has 2 aromatic carbocycles. The Morgan fingerprint density at radius 3 is 2.78 bits per heavy atom. The van der Waals surface area contributed by atoms with Gasteiger partial charge in [-0.3, -0.25) is 9.59 Å². The number of hydrogen-bond acceptors (Lipinski definition) is 6. The van der Waals surface area contributed by atoms with Gasteiger partial charge < -0.3 is 19.5 Å². The first-order chi connectivity index (χ1) is 15.6. The van der Waals surface area contributed by atoms with Gasteiger partial charge in [-0.1, -0.05) is 47.1 Å². The molecule has 1 aliphatic rings. The van der Waals surface area contributed by atoms with Gasteiger partial charge in [0.05, 0.1) is 5.56 Å². The third-order valence-electron chi connectivity index (χ3n) is 5.32. The minimum Gasteiger partial charge on any atom is -0.483 e. The molecule has 32 heavy (non-hydrogen) atoms. The fourth-order valence-corrected chi connectivity index (χ4v) is 3.56. The number of ether oxygens (including phenoxy) is 1.